The van der Waals surface area contributed by atoms with E-state index in [2.05, 4.69) is 5.32 Å². The van der Waals surface area contributed by atoms with E-state index in [-0.39, 0.29) is 11.5 Å². The highest BCUT2D eigenvalue weighted by Crippen LogP contribution is 2.17. The molecule has 0 spiro atoms. The van der Waals surface area contributed by atoms with Crippen molar-refractivity contribution in [1.82, 2.24) is 0 Å². The SMILES string of the molecule is Cc1ccc(C(=O)O)cc1NC(=O)/C=C/c1ccc(N)cc1. The number of anilines is 2. The molecule has 0 aliphatic carbocycles. The van der Waals surface area contributed by atoms with Gasteiger partial charge in [-0.3, -0.25) is 4.79 Å². The van der Waals surface area contributed by atoms with Crippen LogP contribution in [-0.4, -0.2) is 17.0 Å². The molecule has 2 aromatic rings. The highest BCUT2D eigenvalue weighted by molar-refractivity contribution is 6.03. The van der Waals surface area contributed by atoms with Gasteiger partial charge >= 0.3 is 5.97 Å². The number of carboxylic acids is 1. The van der Waals surface area contributed by atoms with E-state index in [9.17, 15) is 9.59 Å². The van der Waals surface area contributed by atoms with Crippen molar-refractivity contribution in [1.29, 1.82) is 0 Å². The summed E-state index contributed by atoms with van der Waals surface area (Å²) >= 11 is 0. The Kier molecular flexibility index (Phi) is 4.58. The Morgan fingerprint density at radius 1 is 1.14 bits per heavy atom. The second-order valence-corrected chi connectivity index (χ2v) is 4.82. The van der Waals surface area contributed by atoms with Crippen molar-refractivity contribution in [2.75, 3.05) is 11.1 Å². The number of carbonyl (C=O) groups is 2. The fraction of sp³-hybridized carbons (Fsp3) is 0.0588. The van der Waals surface area contributed by atoms with Crippen molar-refractivity contribution in [2.45, 2.75) is 6.92 Å². The Hall–Kier alpha value is -3.08. The Bertz CT molecular complexity index is 734. The molecule has 0 radical (unpaired) electrons. The molecule has 2 rings (SSSR count). The largest absolute Gasteiger partial charge is 0.478 e. The van der Waals surface area contributed by atoms with Crippen LogP contribution in [0.25, 0.3) is 6.08 Å². The number of benzene rings is 2. The molecule has 0 aliphatic rings. The maximum absolute atomic E-state index is 11.9. The predicted octanol–water partition coefficient (Wildman–Crippen LogP) is 2.93. The molecule has 0 aromatic heterocycles. The molecule has 4 N–H and O–H groups in total. The fourth-order valence-electron chi connectivity index (χ4n) is 1.84. The molecule has 5 heteroatoms. The van der Waals surface area contributed by atoms with E-state index in [0.717, 1.165) is 11.1 Å². The van der Waals surface area contributed by atoms with Crippen molar-refractivity contribution in [3.8, 4) is 0 Å². The molecule has 0 bridgehead atoms. The maximum atomic E-state index is 11.9. The Labute approximate surface area is 128 Å². The zero-order valence-corrected chi connectivity index (χ0v) is 12.0. The van der Waals surface area contributed by atoms with Gasteiger partial charge in [0.25, 0.3) is 0 Å². The number of rotatable bonds is 4. The normalized spacial score (nSPS) is 10.6. The first-order valence-corrected chi connectivity index (χ1v) is 6.64. The number of nitrogens with one attached hydrogen (secondary N) is 1. The highest BCUT2D eigenvalue weighted by Gasteiger charge is 2.07. The highest BCUT2D eigenvalue weighted by atomic mass is 16.4. The van der Waals surface area contributed by atoms with Crippen molar-refractivity contribution in [2.24, 2.45) is 0 Å². The lowest BCUT2D eigenvalue weighted by Crippen LogP contribution is -2.10. The lowest BCUT2D eigenvalue weighted by molar-refractivity contribution is -0.111. The number of carboxylic acid groups (broad SMARTS) is 1. The summed E-state index contributed by atoms with van der Waals surface area (Å²) in [5, 5.41) is 11.6. The number of hydrogen-bond acceptors (Lipinski definition) is 3. The molecular weight excluding hydrogens is 280 g/mol. The monoisotopic (exact) mass is 296 g/mol. The number of carbonyl (C=O) groups excluding carboxylic acids is 1. The van der Waals surface area contributed by atoms with Crippen LogP contribution < -0.4 is 11.1 Å². The summed E-state index contributed by atoms with van der Waals surface area (Å²) in [4.78, 5) is 22.9. The Morgan fingerprint density at radius 3 is 2.45 bits per heavy atom. The molecule has 0 heterocycles. The van der Waals surface area contributed by atoms with Gasteiger partial charge in [-0.2, -0.15) is 0 Å². The van der Waals surface area contributed by atoms with Crippen molar-refractivity contribution >= 4 is 29.3 Å². The van der Waals surface area contributed by atoms with Gasteiger partial charge in [-0.25, -0.2) is 4.79 Å². The van der Waals surface area contributed by atoms with Gasteiger partial charge in [0, 0.05) is 17.5 Å². The lowest BCUT2D eigenvalue weighted by Gasteiger charge is -2.07. The van der Waals surface area contributed by atoms with E-state index in [1.807, 2.05) is 0 Å². The van der Waals surface area contributed by atoms with Gasteiger partial charge in [-0.15, -0.1) is 0 Å². The van der Waals surface area contributed by atoms with Gasteiger partial charge in [0.05, 0.1) is 5.56 Å². The quantitative estimate of drug-likeness (QED) is 0.597. The first kappa shape index (κ1) is 15.3. The predicted molar refractivity (Wildman–Crippen MR) is 86.7 cm³/mol. The third-order valence-electron chi connectivity index (χ3n) is 3.11. The lowest BCUT2D eigenvalue weighted by atomic mass is 10.1. The van der Waals surface area contributed by atoms with Crippen molar-refractivity contribution in [3.63, 3.8) is 0 Å². The first-order chi connectivity index (χ1) is 10.5. The summed E-state index contributed by atoms with van der Waals surface area (Å²) in [6, 6.07) is 11.7. The van der Waals surface area contributed by atoms with Crippen LogP contribution in [0.3, 0.4) is 0 Å². The van der Waals surface area contributed by atoms with E-state index in [1.54, 1.807) is 43.3 Å². The summed E-state index contributed by atoms with van der Waals surface area (Å²) in [7, 11) is 0. The number of aryl methyl sites for hydroxylation is 1. The Morgan fingerprint density at radius 2 is 1.82 bits per heavy atom. The summed E-state index contributed by atoms with van der Waals surface area (Å²) in [6.45, 7) is 1.80. The smallest absolute Gasteiger partial charge is 0.335 e. The molecule has 2 aromatic carbocycles. The summed E-state index contributed by atoms with van der Waals surface area (Å²) in [5.74, 6) is -1.37. The van der Waals surface area contributed by atoms with Gasteiger partial charge in [0.15, 0.2) is 0 Å². The third kappa shape index (κ3) is 3.96. The van der Waals surface area contributed by atoms with Gasteiger partial charge in [0.2, 0.25) is 5.91 Å². The fourth-order valence-corrected chi connectivity index (χ4v) is 1.84. The molecule has 5 nitrogen and oxygen atoms in total. The van der Waals surface area contributed by atoms with E-state index in [0.29, 0.717) is 11.4 Å². The van der Waals surface area contributed by atoms with Crippen LogP contribution in [0.4, 0.5) is 11.4 Å². The van der Waals surface area contributed by atoms with Crippen LogP contribution in [-0.2, 0) is 4.79 Å². The summed E-state index contributed by atoms with van der Waals surface area (Å²) < 4.78 is 0. The standard InChI is InChI=1S/C17H16N2O3/c1-11-2-6-13(17(21)22)10-15(11)19-16(20)9-5-12-3-7-14(18)8-4-12/h2-10H,18H2,1H3,(H,19,20)(H,21,22)/b9-5+. The van der Waals surface area contributed by atoms with Gasteiger partial charge in [-0.1, -0.05) is 18.2 Å². The Balaban J connectivity index is 2.10. The minimum absolute atomic E-state index is 0.128. The molecule has 0 saturated heterocycles. The minimum atomic E-state index is -1.03. The topological polar surface area (TPSA) is 92.4 Å². The number of nitrogen functional groups attached to an aromatic ring is 1. The van der Waals surface area contributed by atoms with Crippen LogP contribution in [0.15, 0.2) is 48.5 Å². The first-order valence-electron chi connectivity index (χ1n) is 6.64. The van der Waals surface area contributed by atoms with Gasteiger partial charge in [0.1, 0.15) is 0 Å². The zero-order chi connectivity index (χ0) is 16.1. The average molecular weight is 296 g/mol. The molecule has 0 saturated carbocycles. The molecule has 0 unspecified atom stereocenters. The van der Waals surface area contributed by atoms with Gasteiger partial charge in [-0.05, 0) is 48.4 Å². The average Bonchev–Trinajstić information content (AvgIpc) is 2.48. The number of nitrogens with two attached hydrogens (primary N) is 1. The molecule has 112 valence electrons. The number of aromatic carboxylic acids is 1. The molecule has 0 fully saturated rings. The second-order valence-electron chi connectivity index (χ2n) is 4.82. The zero-order valence-electron chi connectivity index (χ0n) is 12.0. The van der Waals surface area contributed by atoms with Crippen LogP contribution in [0.1, 0.15) is 21.5 Å². The van der Waals surface area contributed by atoms with Crippen LogP contribution >= 0.6 is 0 Å². The molecule has 22 heavy (non-hydrogen) atoms. The molecular formula is C17H16N2O3. The van der Waals surface area contributed by atoms with E-state index in [4.69, 9.17) is 10.8 Å². The van der Waals surface area contributed by atoms with Crippen LogP contribution in [0.2, 0.25) is 0 Å². The van der Waals surface area contributed by atoms with Gasteiger partial charge < -0.3 is 16.2 Å². The minimum Gasteiger partial charge on any atom is -0.478 e. The second kappa shape index (κ2) is 6.58. The number of hydrogen-bond donors (Lipinski definition) is 3. The van der Waals surface area contributed by atoms with E-state index < -0.39 is 5.97 Å². The maximum Gasteiger partial charge on any atom is 0.335 e. The number of amides is 1. The van der Waals surface area contributed by atoms with Crippen molar-refractivity contribution in [3.05, 3.63) is 65.2 Å². The third-order valence-corrected chi connectivity index (χ3v) is 3.11. The summed E-state index contributed by atoms with van der Waals surface area (Å²) in [6.07, 6.45) is 3.05. The van der Waals surface area contributed by atoms with Crippen LogP contribution in [0.5, 0.6) is 0 Å². The van der Waals surface area contributed by atoms with Crippen molar-refractivity contribution < 1.29 is 14.7 Å². The van der Waals surface area contributed by atoms with E-state index in [1.165, 1.54) is 18.2 Å². The molecule has 1 amide bonds. The molecule has 0 aliphatic heterocycles. The molecule has 0 atom stereocenters. The summed E-state index contributed by atoms with van der Waals surface area (Å²) in [5.41, 5.74) is 8.49. The van der Waals surface area contributed by atoms with Crippen LogP contribution in [0, 0.1) is 6.92 Å². The van der Waals surface area contributed by atoms with E-state index >= 15 is 0 Å².